The molecule has 1 unspecified atom stereocenters. The first kappa shape index (κ1) is 14.6. The summed E-state index contributed by atoms with van der Waals surface area (Å²) in [6.45, 7) is 0. The van der Waals surface area contributed by atoms with E-state index in [0.29, 0.717) is 12.0 Å². The van der Waals surface area contributed by atoms with Crippen LogP contribution >= 0.6 is 27.3 Å². The van der Waals surface area contributed by atoms with Gasteiger partial charge in [0.15, 0.2) is 0 Å². The Kier molecular flexibility index (Phi) is 4.32. The number of hydrogen-bond acceptors (Lipinski definition) is 2. The highest BCUT2D eigenvalue weighted by Gasteiger charge is 2.30. The molecular weight excluding hydrogens is 339 g/mol. The van der Waals surface area contributed by atoms with Gasteiger partial charge in [0, 0.05) is 21.8 Å². The van der Waals surface area contributed by atoms with Crippen molar-refractivity contribution in [2.45, 2.75) is 18.6 Å². The Balaban J connectivity index is 2.20. The van der Waals surface area contributed by atoms with Crippen molar-refractivity contribution in [3.05, 3.63) is 56.2 Å². The molecule has 0 aliphatic rings. The van der Waals surface area contributed by atoms with E-state index < -0.39 is 17.8 Å². The van der Waals surface area contributed by atoms with E-state index >= 15 is 0 Å². The van der Waals surface area contributed by atoms with Crippen LogP contribution in [0.3, 0.4) is 0 Å². The molecule has 0 saturated heterocycles. The van der Waals surface area contributed by atoms with Crippen molar-refractivity contribution >= 4 is 27.3 Å². The summed E-state index contributed by atoms with van der Waals surface area (Å²) in [6.07, 6.45) is -3.82. The summed E-state index contributed by atoms with van der Waals surface area (Å²) in [5.41, 5.74) is 5.82. The molecule has 19 heavy (non-hydrogen) atoms. The molecule has 0 radical (unpaired) electrons. The van der Waals surface area contributed by atoms with E-state index in [0.717, 1.165) is 21.5 Å². The van der Waals surface area contributed by atoms with Crippen LogP contribution in [0.2, 0.25) is 0 Å². The predicted molar refractivity (Wildman–Crippen MR) is 74.1 cm³/mol. The molecule has 0 bridgehead atoms. The SMILES string of the molecule is NC(Cc1sccc1Br)c1cccc(C(F)(F)F)c1. The van der Waals surface area contributed by atoms with Crippen molar-refractivity contribution in [2.24, 2.45) is 5.73 Å². The monoisotopic (exact) mass is 349 g/mol. The van der Waals surface area contributed by atoms with Crippen LogP contribution < -0.4 is 5.73 Å². The first-order valence-electron chi connectivity index (χ1n) is 5.52. The summed E-state index contributed by atoms with van der Waals surface area (Å²) in [6, 6.07) is 6.64. The minimum atomic E-state index is -4.33. The highest BCUT2D eigenvalue weighted by molar-refractivity contribution is 9.10. The molecule has 0 amide bonds. The molecule has 102 valence electrons. The summed E-state index contributed by atoms with van der Waals surface area (Å²) < 4.78 is 38.8. The van der Waals surface area contributed by atoms with Gasteiger partial charge in [-0.1, -0.05) is 12.1 Å². The lowest BCUT2D eigenvalue weighted by molar-refractivity contribution is -0.137. The van der Waals surface area contributed by atoms with Gasteiger partial charge in [0.2, 0.25) is 0 Å². The number of thiophene rings is 1. The molecule has 2 rings (SSSR count). The van der Waals surface area contributed by atoms with Crippen LogP contribution in [0.15, 0.2) is 40.2 Å². The summed E-state index contributed by atoms with van der Waals surface area (Å²) >= 11 is 4.92. The largest absolute Gasteiger partial charge is 0.416 e. The van der Waals surface area contributed by atoms with Gasteiger partial charge in [0.05, 0.1) is 5.56 Å². The third kappa shape index (κ3) is 3.58. The lowest BCUT2D eigenvalue weighted by Crippen LogP contribution is -2.14. The summed E-state index contributed by atoms with van der Waals surface area (Å²) in [5.74, 6) is 0. The Hall–Kier alpha value is -0.850. The predicted octanol–water partition coefficient (Wildman–Crippen LogP) is 4.77. The minimum Gasteiger partial charge on any atom is -0.324 e. The molecule has 1 nitrogen and oxygen atoms in total. The Morgan fingerprint density at radius 2 is 2.00 bits per heavy atom. The van der Waals surface area contributed by atoms with Crippen LogP contribution in [0.1, 0.15) is 22.0 Å². The van der Waals surface area contributed by atoms with Gasteiger partial charge in [-0.25, -0.2) is 0 Å². The number of hydrogen-bond donors (Lipinski definition) is 1. The van der Waals surface area contributed by atoms with Crippen molar-refractivity contribution in [3.63, 3.8) is 0 Å². The first-order chi connectivity index (χ1) is 8.88. The molecule has 0 aliphatic heterocycles. The van der Waals surface area contributed by atoms with Crippen LogP contribution in [0.25, 0.3) is 0 Å². The topological polar surface area (TPSA) is 26.0 Å². The van der Waals surface area contributed by atoms with E-state index in [1.54, 1.807) is 6.07 Å². The summed E-state index contributed by atoms with van der Waals surface area (Å²) in [4.78, 5) is 1.03. The van der Waals surface area contributed by atoms with Gasteiger partial charge in [-0.15, -0.1) is 11.3 Å². The maximum atomic E-state index is 12.6. The molecule has 0 fully saturated rings. The molecule has 1 aromatic carbocycles. The molecule has 0 spiro atoms. The van der Waals surface area contributed by atoms with Gasteiger partial charge in [-0.05, 0) is 45.1 Å². The maximum Gasteiger partial charge on any atom is 0.416 e. The van der Waals surface area contributed by atoms with Crippen molar-refractivity contribution < 1.29 is 13.2 Å². The Bertz CT molecular complexity index is 565. The second kappa shape index (κ2) is 5.64. The average Bonchev–Trinajstić information content (AvgIpc) is 2.74. The smallest absolute Gasteiger partial charge is 0.324 e. The van der Waals surface area contributed by atoms with Crippen LogP contribution in [0, 0.1) is 0 Å². The third-order valence-electron chi connectivity index (χ3n) is 2.74. The van der Waals surface area contributed by atoms with E-state index in [2.05, 4.69) is 15.9 Å². The second-order valence-corrected chi connectivity index (χ2v) is 5.98. The Morgan fingerprint density at radius 3 is 2.58 bits per heavy atom. The van der Waals surface area contributed by atoms with Crippen LogP contribution in [0.5, 0.6) is 0 Å². The van der Waals surface area contributed by atoms with Crippen LogP contribution in [-0.2, 0) is 12.6 Å². The molecule has 1 heterocycles. The van der Waals surface area contributed by atoms with Gasteiger partial charge < -0.3 is 5.73 Å². The quantitative estimate of drug-likeness (QED) is 0.848. The fourth-order valence-electron chi connectivity index (χ4n) is 1.73. The molecule has 1 aromatic heterocycles. The van der Waals surface area contributed by atoms with Crippen molar-refractivity contribution in [2.75, 3.05) is 0 Å². The molecule has 0 aliphatic carbocycles. The second-order valence-electron chi connectivity index (χ2n) is 4.13. The van der Waals surface area contributed by atoms with E-state index in [-0.39, 0.29) is 0 Å². The van der Waals surface area contributed by atoms with Gasteiger partial charge >= 0.3 is 6.18 Å². The van der Waals surface area contributed by atoms with Gasteiger partial charge in [-0.2, -0.15) is 13.2 Å². The molecular formula is C13H11BrF3NS. The Labute approximate surface area is 121 Å². The van der Waals surface area contributed by atoms with E-state index in [9.17, 15) is 13.2 Å². The zero-order chi connectivity index (χ0) is 14.0. The van der Waals surface area contributed by atoms with Gasteiger partial charge in [0.25, 0.3) is 0 Å². The van der Waals surface area contributed by atoms with Crippen LogP contribution in [0.4, 0.5) is 13.2 Å². The fraction of sp³-hybridized carbons (Fsp3) is 0.231. The molecule has 2 N–H and O–H groups in total. The highest BCUT2D eigenvalue weighted by Crippen LogP contribution is 2.32. The number of benzene rings is 1. The maximum absolute atomic E-state index is 12.6. The average molecular weight is 350 g/mol. The fourth-order valence-corrected chi connectivity index (χ4v) is 3.31. The van der Waals surface area contributed by atoms with Crippen molar-refractivity contribution in [3.8, 4) is 0 Å². The number of alkyl halides is 3. The highest BCUT2D eigenvalue weighted by atomic mass is 79.9. The summed E-state index contributed by atoms with van der Waals surface area (Å²) in [7, 11) is 0. The van der Waals surface area contributed by atoms with E-state index in [1.165, 1.54) is 17.4 Å². The van der Waals surface area contributed by atoms with Crippen molar-refractivity contribution in [1.82, 2.24) is 0 Å². The molecule has 0 saturated carbocycles. The Morgan fingerprint density at radius 1 is 1.26 bits per heavy atom. The minimum absolute atomic E-state index is 0.447. The first-order valence-corrected chi connectivity index (χ1v) is 7.20. The number of nitrogens with two attached hydrogens (primary N) is 1. The van der Waals surface area contributed by atoms with Gasteiger partial charge in [-0.3, -0.25) is 0 Å². The summed E-state index contributed by atoms with van der Waals surface area (Å²) in [5, 5.41) is 1.91. The van der Waals surface area contributed by atoms with E-state index in [4.69, 9.17) is 5.73 Å². The van der Waals surface area contributed by atoms with E-state index in [1.807, 2.05) is 11.4 Å². The van der Waals surface area contributed by atoms with Crippen LogP contribution in [-0.4, -0.2) is 0 Å². The lowest BCUT2D eigenvalue weighted by atomic mass is 10.0. The zero-order valence-corrected chi connectivity index (χ0v) is 12.1. The lowest BCUT2D eigenvalue weighted by Gasteiger charge is -2.14. The normalized spacial score (nSPS) is 13.5. The van der Waals surface area contributed by atoms with Crippen molar-refractivity contribution in [1.29, 1.82) is 0 Å². The molecule has 2 aromatic rings. The zero-order valence-electron chi connectivity index (χ0n) is 9.75. The standard InChI is InChI=1S/C13H11BrF3NS/c14-10-4-5-19-12(10)7-11(18)8-2-1-3-9(6-8)13(15,16)17/h1-6,11H,7,18H2. The molecule has 1 atom stereocenters. The van der Waals surface area contributed by atoms with Gasteiger partial charge in [0.1, 0.15) is 0 Å². The third-order valence-corrected chi connectivity index (χ3v) is 4.69. The molecule has 6 heteroatoms. The number of halogens is 4. The number of rotatable bonds is 3.